The lowest BCUT2D eigenvalue weighted by atomic mass is 9.93. The largest absolute Gasteiger partial charge is 0.461 e. The van der Waals surface area contributed by atoms with Crippen LogP contribution in [0.15, 0.2) is 47.4 Å². The van der Waals surface area contributed by atoms with Gasteiger partial charge in [-0.1, -0.05) is 36.2 Å². The minimum atomic E-state index is -3.38. The third-order valence-corrected chi connectivity index (χ3v) is 7.28. The molecule has 0 unspecified atom stereocenters. The Morgan fingerprint density at radius 2 is 1.88 bits per heavy atom. The van der Waals surface area contributed by atoms with Gasteiger partial charge >= 0.3 is 5.97 Å². The van der Waals surface area contributed by atoms with E-state index in [2.05, 4.69) is 5.32 Å². The van der Waals surface area contributed by atoms with Gasteiger partial charge in [0.15, 0.2) is 9.84 Å². The fourth-order valence-electron chi connectivity index (χ4n) is 4.14. The van der Waals surface area contributed by atoms with Crippen molar-refractivity contribution < 1.29 is 17.9 Å². The number of sulfone groups is 1. The molecule has 0 atom stereocenters. The van der Waals surface area contributed by atoms with Crippen molar-refractivity contribution in [2.45, 2.75) is 57.1 Å². The van der Waals surface area contributed by atoms with Gasteiger partial charge in [-0.3, -0.25) is 0 Å². The van der Waals surface area contributed by atoms with E-state index in [0.29, 0.717) is 24.8 Å². The van der Waals surface area contributed by atoms with Crippen molar-refractivity contribution in [2.24, 2.45) is 0 Å². The maximum Gasteiger partial charge on any atom is 0.355 e. The third-order valence-electron chi connectivity index (χ3n) is 6.17. The van der Waals surface area contributed by atoms with E-state index < -0.39 is 9.84 Å². The maximum absolute atomic E-state index is 13.1. The summed E-state index contributed by atoms with van der Waals surface area (Å²) in [5.74, 6) is -0.387. The molecule has 0 amide bonds. The van der Waals surface area contributed by atoms with Crippen molar-refractivity contribution in [2.75, 3.05) is 12.9 Å². The summed E-state index contributed by atoms with van der Waals surface area (Å²) in [5.41, 5.74) is 4.33. The quantitative estimate of drug-likeness (QED) is 0.516. The van der Waals surface area contributed by atoms with E-state index in [-0.39, 0.29) is 17.5 Å². The number of ether oxygens (including phenoxy) is 1. The minimum Gasteiger partial charge on any atom is -0.461 e. The summed E-state index contributed by atoms with van der Waals surface area (Å²) >= 11 is 0. The molecule has 1 aliphatic rings. The highest BCUT2D eigenvalue weighted by molar-refractivity contribution is 7.90. The number of carbonyl (C=O) groups excluding carboxylic acids is 1. The van der Waals surface area contributed by atoms with Crippen molar-refractivity contribution >= 4 is 26.7 Å². The van der Waals surface area contributed by atoms with Gasteiger partial charge in [-0.05, 0) is 50.5 Å². The molecule has 0 aliphatic heterocycles. The number of nitrogens with zero attached hydrogens (tertiary/aromatic N) is 1. The van der Waals surface area contributed by atoms with E-state index in [9.17, 15) is 13.2 Å². The van der Waals surface area contributed by atoms with Crippen LogP contribution in [0.1, 0.15) is 53.4 Å². The highest BCUT2D eigenvalue weighted by atomic mass is 32.2. The number of aromatic nitrogens is 1. The zero-order valence-electron chi connectivity index (χ0n) is 18.8. The highest BCUT2D eigenvalue weighted by Gasteiger charge is 2.26. The second-order valence-corrected chi connectivity index (χ2v) is 10.6. The molecular formula is C25H30N2O4S. The topological polar surface area (TPSA) is 77.4 Å². The molecule has 0 bridgehead atoms. The van der Waals surface area contributed by atoms with Crippen molar-refractivity contribution in [3.05, 3.63) is 64.8 Å². The standard InChI is InChI=1S/C25H30N2O4S/c1-4-31-25(28)24-22(15-26-19-6-5-7-19)21-14-20(32(3,29)30)12-13-23(21)27(24)16-18-10-8-17(2)9-11-18/h8-14,19,26H,4-7,15-16H2,1-3H3. The number of hydrogen-bond acceptors (Lipinski definition) is 5. The van der Waals surface area contributed by atoms with E-state index in [1.54, 1.807) is 25.1 Å². The number of benzene rings is 2. The van der Waals surface area contributed by atoms with Crippen LogP contribution in [0, 0.1) is 6.92 Å². The van der Waals surface area contributed by atoms with Gasteiger partial charge < -0.3 is 14.6 Å². The monoisotopic (exact) mass is 454 g/mol. The molecule has 0 radical (unpaired) electrons. The molecule has 170 valence electrons. The molecule has 6 nitrogen and oxygen atoms in total. The number of esters is 1. The first-order valence-electron chi connectivity index (χ1n) is 11.1. The summed E-state index contributed by atoms with van der Waals surface area (Å²) in [6, 6.07) is 13.7. The summed E-state index contributed by atoms with van der Waals surface area (Å²) in [6.45, 7) is 5.08. The molecule has 4 rings (SSSR count). The lowest BCUT2D eigenvalue weighted by Crippen LogP contribution is -2.35. The van der Waals surface area contributed by atoms with Crippen LogP contribution in [0.4, 0.5) is 0 Å². The van der Waals surface area contributed by atoms with Gasteiger partial charge in [-0.2, -0.15) is 0 Å². The van der Waals surface area contributed by atoms with Gasteiger partial charge in [0, 0.05) is 41.9 Å². The molecule has 1 aliphatic carbocycles. The van der Waals surface area contributed by atoms with Gasteiger partial charge in [0.25, 0.3) is 0 Å². The van der Waals surface area contributed by atoms with E-state index in [0.717, 1.165) is 34.9 Å². The molecule has 3 aromatic rings. The average molecular weight is 455 g/mol. The number of nitrogens with one attached hydrogen (secondary N) is 1. The van der Waals surface area contributed by atoms with Crippen LogP contribution in [0.5, 0.6) is 0 Å². The first-order valence-corrected chi connectivity index (χ1v) is 13.0. The first kappa shape index (κ1) is 22.6. The highest BCUT2D eigenvalue weighted by Crippen LogP contribution is 2.31. The first-order chi connectivity index (χ1) is 15.3. The smallest absolute Gasteiger partial charge is 0.355 e. The van der Waals surface area contributed by atoms with E-state index >= 15 is 0 Å². The number of hydrogen-bond donors (Lipinski definition) is 1. The van der Waals surface area contributed by atoms with Crippen LogP contribution >= 0.6 is 0 Å². The summed E-state index contributed by atoms with van der Waals surface area (Å²) in [6.07, 6.45) is 4.64. The van der Waals surface area contributed by atoms with Crippen molar-refractivity contribution in [3.8, 4) is 0 Å². The van der Waals surface area contributed by atoms with Crippen LogP contribution in [0.3, 0.4) is 0 Å². The molecule has 1 fully saturated rings. The molecule has 1 aromatic heterocycles. The number of aryl methyl sites for hydroxylation is 1. The second-order valence-electron chi connectivity index (χ2n) is 8.58. The number of rotatable bonds is 8. The second kappa shape index (κ2) is 9.08. The normalized spacial score (nSPS) is 14.5. The summed E-state index contributed by atoms with van der Waals surface area (Å²) in [5, 5.41) is 4.31. The lowest BCUT2D eigenvalue weighted by molar-refractivity contribution is 0.0513. The van der Waals surface area contributed by atoms with Crippen molar-refractivity contribution in [1.29, 1.82) is 0 Å². The Morgan fingerprint density at radius 1 is 1.16 bits per heavy atom. The summed E-state index contributed by atoms with van der Waals surface area (Å²) in [4.78, 5) is 13.4. The Kier molecular flexibility index (Phi) is 6.40. The summed E-state index contributed by atoms with van der Waals surface area (Å²) in [7, 11) is -3.38. The molecule has 2 aromatic carbocycles. The minimum absolute atomic E-state index is 0.248. The van der Waals surface area contributed by atoms with Crippen LogP contribution < -0.4 is 5.32 Å². The van der Waals surface area contributed by atoms with Gasteiger partial charge in [-0.15, -0.1) is 0 Å². The molecule has 1 heterocycles. The Hall–Kier alpha value is -2.64. The molecule has 1 saturated carbocycles. The molecule has 32 heavy (non-hydrogen) atoms. The van der Waals surface area contributed by atoms with Crippen LogP contribution in [0.25, 0.3) is 10.9 Å². The Balaban J connectivity index is 1.90. The zero-order chi connectivity index (χ0) is 22.9. The SMILES string of the molecule is CCOC(=O)c1c(CNC2CCC2)c2cc(S(C)(=O)=O)ccc2n1Cc1ccc(C)cc1. The number of carbonyl (C=O) groups is 1. The Morgan fingerprint density at radius 3 is 2.47 bits per heavy atom. The molecule has 0 saturated heterocycles. The Bertz CT molecular complexity index is 1240. The van der Waals surface area contributed by atoms with E-state index in [1.165, 1.54) is 18.2 Å². The fraction of sp³-hybridized carbons (Fsp3) is 0.400. The maximum atomic E-state index is 13.1. The van der Waals surface area contributed by atoms with Gasteiger partial charge in [-0.25, -0.2) is 13.2 Å². The van der Waals surface area contributed by atoms with E-state index in [1.807, 2.05) is 35.8 Å². The predicted molar refractivity (Wildman–Crippen MR) is 126 cm³/mol. The zero-order valence-corrected chi connectivity index (χ0v) is 19.7. The van der Waals surface area contributed by atoms with Crippen molar-refractivity contribution in [1.82, 2.24) is 9.88 Å². The average Bonchev–Trinajstić information content (AvgIpc) is 3.01. The molecule has 1 N–H and O–H groups in total. The molecular weight excluding hydrogens is 424 g/mol. The molecule has 0 spiro atoms. The fourth-order valence-corrected chi connectivity index (χ4v) is 4.79. The third kappa shape index (κ3) is 4.59. The van der Waals surface area contributed by atoms with Gasteiger partial charge in [0.05, 0.1) is 11.5 Å². The van der Waals surface area contributed by atoms with Crippen molar-refractivity contribution in [3.63, 3.8) is 0 Å². The van der Waals surface area contributed by atoms with Crippen LogP contribution in [-0.4, -0.2) is 37.9 Å². The molecule has 7 heteroatoms. The predicted octanol–water partition coefficient (Wildman–Crippen LogP) is 4.22. The van der Waals surface area contributed by atoms with Crippen LogP contribution in [0.2, 0.25) is 0 Å². The van der Waals surface area contributed by atoms with Crippen LogP contribution in [-0.2, 0) is 27.7 Å². The summed E-state index contributed by atoms with van der Waals surface area (Å²) < 4.78 is 31.9. The Labute approximate surface area is 189 Å². The lowest BCUT2D eigenvalue weighted by Gasteiger charge is -2.26. The van der Waals surface area contributed by atoms with Gasteiger partial charge in [0.1, 0.15) is 5.69 Å². The number of fused-ring (bicyclic) bond motifs is 1. The van der Waals surface area contributed by atoms with Gasteiger partial charge in [0.2, 0.25) is 0 Å². The van der Waals surface area contributed by atoms with E-state index in [4.69, 9.17) is 4.74 Å².